The smallest absolute Gasteiger partial charge is 0.451 e. The van der Waals surface area contributed by atoms with Gasteiger partial charge < -0.3 is 20.9 Å². The van der Waals surface area contributed by atoms with Gasteiger partial charge in [-0.3, -0.25) is 15.0 Å². The summed E-state index contributed by atoms with van der Waals surface area (Å²) in [7, 11) is -1.37. The van der Waals surface area contributed by atoms with Crippen molar-refractivity contribution in [3.63, 3.8) is 0 Å². The zero-order valence-electron chi connectivity index (χ0n) is 12.3. The lowest BCUT2D eigenvalue weighted by molar-refractivity contribution is -0.154. The highest BCUT2D eigenvalue weighted by Gasteiger charge is 2.48. The van der Waals surface area contributed by atoms with E-state index in [4.69, 9.17) is 15.8 Å². The van der Waals surface area contributed by atoms with Crippen LogP contribution in [0.5, 0.6) is 0 Å². The zero-order chi connectivity index (χ0) is 16.0. The Balaban J connectivity index is 2.68. The Morgan fingerprint density at radius 3 is 2.62 bits per heavy atom. The second-order valence-corrected chi connectivity index (χ2v) is 5.58. The molecule has 0 spiro atoms. The Morgan fingerprint density at radius 2 is 2.10 bits per heavy atom. The number of carboxylic acids is 1. The van der Waals surface area contributed by atoms with Crippen LogP contribution in [-0.2, 0) is 9.59 Å². The highest BCUT2D eigenvalue weighted by Crippen LogP contribution is 2.33. The molecular formula is C12H24BN3O5. The number of carbonyl (C=O) groups excluding carboxylic acids is 1. The first kappa shape index (κ1) is 17.9. The van der Waals surface area contributed by atoms with Gasteiger partial charge in [-0.05, 0) is 32.5 Å². The molecule has 1 saturated heterocycles. The Kier molecular flexibility index (Phi) is 6.60. The summed E-state index contributed by atoms with van der Waals surface area (Å²) in [6, 6.07) is -0.707. The minimum Gasteiger partial charge on any atom is -0.480 e. The number of hydrazine groups is 1. The van der Waals surface area contributed by atoms with E-state index in [-0.39, 0.29) is 6.32 Å². The first-order valence-corrected chi connectivity index (χ1v) is 7.23. The van der Waals surface area contributed by atoms with Crippen molar-refractivity contribution in [3.05, 3.63) is 0 Å². The maximum Gasteiger partial charge on any atom is 0.451 e. The van der Waals surface area contributed by atoms with Crippen molar-refractivity contribution >= 4 is 19.0 Å². The van der Waals surface area contributed by atoms with Gasteiger partial charge in [0, 0.05) is 6.54 Å². The first-order valence-electron chi connectivity index (χ1n) is 7.23. The van der Waals surface area contributed by atoms with Crippen LogP contribution in [0.15, 0.2) is 0 Å². The number of nitrogens with two attached hydrogens (primary N) is 1. The van der Waals surface area contributed by atoms with Gasteiger partial charge in [-0.1, -0.05) is 12.8 Å². The fourth-order valence-corrected chi connectivity index (χ4v) is 2.61. The van der Waals surface area contributed by atoms with Crippen LogP contribution in [0.3, 0.4) is 0 Å². The van der Waals surface area contributed by atoms with E-state index >= 15 is 0 Å². The molecular weight excluding hydrogens is 277 g/mol. The van der Waals surface area contributed by atoms with Crippen LogP contribution < -0.4 is 11.2 Å². The molecule has 1 aliphatic rings. The summed E-state index contributed by atoms with van der Waals surface area (Å²) in [5, 5.41) is 28.7. The lowest BCUT2D eigenvalue weighted by Crippen LogP contribution is -2.59. The third-order valence-electron chi connectivity index (χ3n) is 3.85. The number of carbonyl (C=O) groups is 2. The van der Waals surface area contributed by atoms with Gasteiger partial charge in [0.2, 0.25) is 0 Å². The van der Waals surface area contributed by atoms with Gasteiger partial charge in [-0.2, -0.15) is 0 Å². The topological polar surface area (TPSA) is 136 Å². The minimum atomic E-state index is -1.37. The molecule has 0 aromatic carbocycles. The average molecular weight is 301 g/mol. The van der Waals surface area contributed by atoms with Crippen LogP contribution >= 0.6 is 0 Å². The van der Waals surface area contributed by atoms with Crippen LogP contribution in [0.25, 0.3) is 0 Å². The summed E-state index contributed by atoms with van der Waals surface area (Å²) in [4.78, 5) is 23.4. The second kappa shape index (κ2) is 7.74. The molecule has 6 N–H and O–H groups in total. The summed E-state index contributed by atoms with van der Waals surface area (Å²) < 4.78 is 0. The monoisotopic (exact) mass is 301 g/mol. The molecule has 2 unspecified atom stereocenters. The maximum absolute atomic E-state index is 11.7. The third-order valence-corrected chi connectivity index (χ3v) is 3.85. The highest BCUT2D eigenvalue weighted by molar-refractivity contribution is 6.40. The SMILES string of the molecule is CC(N)C(=O)NN1CCCC1(CCCCB(O)O)C(=O)O. The molecule has 21 heavy (non-hydrogen) atoms. The number of unbranched alkanes of at least 4 members (excludes halogenated alkanes) is 1. The number of hydrogen-bond donors (Lipinski definition) is 5. The number of amides is 1. The van der Waals surface area contributed by atoms with Crippen molar-refractivity contribution in [1.29, 1.82) is 0 Å². The molecule has 8 nitrogen and oxygen atoms in total. The summed E-state index contributed by atoms with van der Waals surface area (Å²) in [5.74, 6) is -1.39. The molecule has 1 amide bonds. The van der Waals surface area contributed by atoms with Crippen molar-refractivity contribution in [3.8, 4) is 0 Å². The van der Waals surface area contributed by atoms with Gasteiger partial charge in [0.05, 0.1) is 6.04 Å². The molecule has 0 aromatic heterocycles. The van der Waals surface area contributed by atoms with E-state index in [1.807, 2.05) is 0 Å². The van der Waals surface area contributed by atoms with Crippen molar-refractivity contribution in [2.24, 2.45) is 5.73 Å². The molecule has 1 rings (SSSR count). The Morgan fingerprint density at radius 1 is 1.43 bits per heavy atom. The van der Waals surface area contributed by atoms with Gasteiger partial charge in [-0.25, -0.2) is 5.01 Å². The van der Waals surface area contributed by atoms with Crippen LogP contribution in [0, 0.1) is 0 Å². The number of aliphatic carboxylic acids is 1. The fraction of sp³-hybridized carbons (Fsp3) is 0.833. The normalized spacial score (nSPS) is 23.8. The predicted molar refractivity (Wildman–Crippen MR) is 76.9 cm³/mol. The molecule has 1 aliphatic heterocycles. The van der Waals surface area contributed by atoms with Gasteiger partial charge >= 0.3 is 13.1 Å². The van der Waals surface area contributed by atoms with Gasteiger partial charge in [0.15, 0.2) is 0 Å². The van der Waals surface area contributed by atoms with Gasteiger partial charge in [0.25, 0.3) is 5.91 Å². The van der Waals surface area contributed by atoms with E-state index < -0.39 is 30.6 Å². The Labute approximate surface area is 124 Å². The lowest BCUT2D eigenvalue weighted by Gasteiger charge is -2.35. The standard InChI is InChI=1S/C12H24BN3O5/c1-9(14)10(17)15-16-8-4-6-12(16,11(18)19)5-2-3-7-13(20)21/h9,20-21H,2-8,14H2,1H3,(H,15,17)(H,18,19). The third kappa shape index (κ3) is 4.67. The van der Waals surface area contributed by atoms with Crippen molar-refractivity contribution < 1.29 is 24.7 Å². The number of hydrogen-bond acceptors (Lipinski definition) is 6. The van der Waals surface area contributed by atoms with Crippen molar-refractivity contribution in [2.75, 3.05) is 6.54 Å². The maximum atomic E-state index is 11.7. The molecule has 120 valence electrons. The lowest BCUT2D eigenvalue weighted by atomic mass is 9.81. The average Bonchev–Trinajstić information content (AvgIpc) is 2.78. The van der Waals surface area contributed by atoms with Crippen LogP contribution in [-0.4, -0.2) is 57.3 Å². The molecule has 0 saturated carbocycles. The van der Waals surface area contributed by atoms with Crippen LogP contribution in [0.4, 0.5) is 0 Å². The van der Waals surface area contributed by atoms with E-state index in [1.165, 1.54) is 11.9 Å². The van der Waals surface area contributed by atoms with Crippen molar-refractivity contribution in [1.82, 2.24) is 10.4 Å². The Hall–Kier alpha value is -1.16. The Bertz CT molecular complexity index is 380. The molecule has 0 radical (unpaired) electrons. The van der Waals surface area contributed by atoms with E-state index in [2.05, 4.69) is 5.43 Å². The molecule has 0 aliphatic carbocycles. The van der Waals surface area contributed by atoms with E-state index in [0.717, 1.165) is 0 Å². The van der Waals surface area contributed by atoms with Crippen LogP contribution in [0.1, 0.15) is 39.0 Å². The molecule has 0 bridgehead atoms. The fourth-order valence-electron chi connectivity index (χ4n) is 2.61. The summed E-state index contributed by atoms with van der Waals surface area (Å²) in [6.45, 7) is 2.00. The van der Waals surface area contributed by atoms with Crippen molar-refractivity contribution in [2.45, 2.75) is 56.9 Å². The first-order chi connectivity index (χ1) is 9.79. The largest absolute Gasteiger partial charge is 0.480 e. The molecule has 1 fully saturated rings. The van der Waals surface area contributed by atoms with E-state index in [1.54, 1.807) is 0 Å². The second-order valence-electron chi connectivity index (χ2n) is 5.58. The molecule has 9 heteroatoms. The molecule has 1 heterocycles. The van der Waals surface area contributed by atoms with Gasteiger partial charge in [-0.15, -0.1) is 0 Å². The minimum absolute atomic E-state index is 0.210. The number of nitrogens with one attached hydrogen (secondary N) is 1. The molecule has 0 aromatic rings. The number of carboxylic acid groups (broad SMARTS) is 1. The summed E-state index contributed by atoms with van der Waals surface area (Å²) in [6.07, 6.45) is 2.73. The van der Waals surface area contributed by atoms with E-state index in [9.17, 15) is 14.7 Å². The predicted octanol–water partition coefficient (Wildman–Crippen LogP) is -1.07. The summed E-state index contributed by atoms with van der Waals surface area (Å²) >= 11 is 0. The molecule has 2 atom stereocenters. The number of rotatable bonds is 8. The quantitative estimate of drug-likeness (QED) is 0.284. The van der Waals surface area contributed by atoms with E-state index in [0.29, 0.717) is 38.6 Å². The van der Waals surface area contributed by atoms with Crippen LogP contribution in [0.2, 0.25) is 6.32 Å². The summed E-state index contributed by atoms with van der Waals surface area (Å²) in [5.41, 5.74) is 6.95. The zero-order valence-corrected chi connectivity index (χ0v) is 12.3. The van der Waals surface area contributed by atoms with Gasteiger partial charge in [0.1, 0.15) is 5.54 Å². The number of nitrogens with zero attached hydrogens (tertiary/aromatic N) is 1. The highest BCUT2D eigenvalue weighted by atomic mass is 16.4.